The Kier molecular flexibility index (Phi) is 3.99. The van der Waals surface area contributed by atoms with E-state index in [0.29, 0.717) is 25.1 Å². The summed E-state index contributed by atoms with van der Waals surface area (Å²) in [5.41, 5.74) is 1.46. The number of aromatic nitrogens is 1. The first kappa shape index (κ1) is 12.6. The zero-order valence-corrected chi connectivity index (χ0v) is 10.4. The molecule has 4 nitrogen and oxygen atoms in total. The Labute approximate surface area is 106 Å². The zero-order chi connectivity index (χ0) is 13.0. The van der Waals surface area contributed by atoms with Crippen LogP contribution in [-0.2, 0) is 11.3 Å². The molecule has 2 aromatic rings. The second kappa shape index (κ2) is 5.69. The van der Waals surface area contributed by atoms with E-state index in [4.69, 9.17) is 9.84 Å². The molecule has 0 fully saturated rings. The van der Waals surface area contributed by atoms with Crippen molar-refractivity contribution in [3.8, 4) is 0 Å². The van der Waals surface area contributed by atoms with Crippen LogP contribution in [0.1, 0.15) is 23.7 Å². The number of para-hydroxylation sites is 1. The number of ether oxygens (including phenoxy) is 1. The summed E-state index contributed by atoms with van der Waals surface area (Å²) in [6.45, 7) is 2.99. The van der Waals surface area contributed by atoms with Gasteiger partial charge in [-0.2, -0.15) is 0 Å². The number of esters is 1. The van der Waals surface area contributed by atoms with Gasteiger partial charge >= 0.3 is 5.97 Å². The summed E-state index contributed by atoms with van der Waals surface area (Å²) < 4.78 is 7.05. The van der Waals surface area contributed by atoms with Gasteiger partial charge in [0, 0.05) is 24.7 Å². The van der Waals surface area contributed by atoms with Gasteiger partial charge in [-0.1, -0.05) is 12.1 Å². The first-order chi connectivity index (χ1) is 8.77. The highest BCUT2D eigenvalue weighted by Crippen LogP contribution is 2.21. The van der Waals surface area contributed by atoms with Crippen LogP contribution in [0, 0.1) is 0 Å². The third-order valence-corrected chi connectivity index (χ3v) is 2.84. The molecule has 1 aromatic carbocycles. The lowest BCUT2D eigenvalue weighted by atomic mass is 10.1. The number of rotatable bonds is 5. The van der Waals surface area contributed by atoms with Gasteiger partial charge in [0.15, 0.2) is 0 Å². The summed E-state index contributed by atoms with van der Waals surface area (Å²) in [6.07, 6.45) is 2.60. The van der Waals surface area contributed by atoms with Gasteiger partial charge < -0.3 is 14.4 Å². The summed E-state index contributed by atoms with van der Waals surface area (Å²) in [5.74, 6) is -0.299. The average Bonchev–Trinajstić information content (AvgIpc) is 2.79. The molecular formula is C14H17NO3. The van der Waals surface area contributed by atoms with Crippen LogP contribution < -0.4 is 0 Å². The van der Waals surface area contributed by atoms with Crippen molar-refractivity contribution in [1.29, 1.82) is 0 Å². The third-order valence-electron chi connectivity index (χ3n) is 2.84. The molecule has 1 aromatic heterocycles. The van der Waals surface area contributed by atoms with E-state index in [2.05, 4.69) is 0 Å². The number of aliphatic hydroxyl groups is 1. The smallest absolute Gasteiger partial charge is 0.340 e. The first-order valence-corrected chi connectivity index (χ1v) is 6.13. The maximum absolute atomic E-state index is 11.9. The Morgan fingerprint density at radius 1 is 1.39 bits per heavy atom. The maximum atomic E-state index is 11.9. The molecule has 0 atom stereocenters. The van der Waals surface area contributed by atoms with Gasteiger partial charge in [0.1, 0.15) is 0 Å². The average molecular weight is 247 g/mol. The molecule has 1 heterocycles. The van der Waals surface area contributed by atoms with E-state index in [1.54, 1.807) is 13.0 Å². The molecule has 0 aliphatic rings. The number of carbonyl (C=O) groups is 1. The summed E-state index contributed by atoms with van der Waals surface area (Å²) in [4.78, 5) is 11.9. The fraction of sp³-hybridized carbons (Fsp3) is 0.357. The number of hydrogen-bond acceptors (Lipinski definition) is 3. The van der Waals surface area contributed by atoms with Gasteiger partial charge in [-0.3, -0.25) is 0 Å². The molecule has 1 N–H and O–H groups in total. The molecule has 0 saturated heterocycles. The fourth-order valence-electron chi connectivity index (χ4n) is 2.06. The molecule has 0 aliphatic carbocycles. The van der Waals surface area contributed by atoms with Gasteiger partial charge in [-0.05, 0) is 25.5 Å². The van der Waals surface area contributed by atoms with Crippen molar-refractivity contribution in [3.05, 3.63) is 36.0 Å². The van der Waals surface area contributed by atoms with Crippen molar-refractivity contribution >= 4 is 16.9 Å². The van der Waals surface area contributed by atoms with E-state index < -0.39 is 0 Å². The molecule has 0 radical (unpaired) electrons. The topological polar surface area (TPSA) is 51.5 Å². The van der Waals surface area contributed by atoms with Crippen molar-refractivity contribution in [1.82, 2.24) is 4.57 Å². The monoisotopic (exact) mass is 247 g/mol. The van der Waals surface area contributed by atoms with Crippen molar-refractivity contribution in [2.45, 2.75) is 19.9 Å². The molecule has 0 bridgehead atoms. The van der Waals surface area contributed by atoms with Crippen molar-refractivity contribution in [3.63, 3.8) is 0 Å². The Balaban J connectivity index is 2.45. The summed E-state index contributed by atoms with van der Waals surface area (Å²) in [6, 6.07) is 7.56. The highest BCUT2D eigenvalue weighted by atomic mass is 16.5. The van der Waals surface area contributed by atoms with E-state index >= 15 is 0 Å². The lowest BCUT2D eigenvalue weighted by Gasteiger charge is -2.08. The van der Waals surface area contributed by atoms with Gasteiger partial charge in [-0.15, -0.1) is 0 Å². The SMILES string of the molecule is CCOC(=O)c1cccc2ccn(CCCO)c12. The summed E-state index contributed by atoms with van der Waals surface area (Å²) in [7, 11) is 0. The van der Waals surface area contributed by atoms with Crippen LogP contribution >= 0.6 is 0 Å². The van der Waals surface area contributed by atoms with E-state index in [9.17, 15) is 4.79 Å². The standard InChI is InChI=1S/C14H17NO3/c1-2-18-14(17)12-6-3-5-11-7-9-15(13(11)12)8-4-10-16/h3,5-7,9,16H,2,4,8,10H2,1H3. The minimum absolute atomic E-state index is 0.140. The second-order valence-electron chi connectivity index (χ2n) is 4.05. The largest absolute Gasteiger partial charge is 0.462 e. The molecule has 0 unspecified atom stereocenters. The van der Waals surface area contributed by atoms with E-state index in [1.165, 1.54) is 0 Å². The van der Waals surface area contributed by atoms with Crippen LogP contribution in [-0.4, -0.2) is 28.9 Å². The van der Waals surface area contributed by atoms with E-state index in [1.807, 2.05) is 29.0 Å². The third kappa shape index (κ3) is 2.38. The van der Waals surface area contributed by atoms with Crippen LogP contribution in [0.4, 0.5) is 0 Å². The second-order valence-corrected chi connectivity index (χ2v) is 4.05. The van der Waals surface area contributed by atoms with Crippen LogP contribution in [0.3, 0.4) is 0 Å². The highest BCUT2D eigenvalue weighted by molar-refractivity contribution is 6.03. The fourth-order valence-corrected chi connectivity index (χ4v) is 2.06. The van der Waals surface area contributed by atoms with Crippen molar-refractivity contribution in [2.24, 2.45) is 0 Å². The van der Waals surface area contributed by atoms with Gasteiger partial charge in [0.05, 0.1) is 17.7 Å². The highest BCUT2D eigenvalue weighted by Gasteiger charge is 2.13. The van der Waals surface area contributed by atoms with Crippen LogP contribution in [0.15, 0.2) is 30.5 Å². The van der Waals surface area contributed by atoms with Crippen molar-refractivity contribution in [2.75, 3.05) is 13.2 Å². The quantitative estimate of drug-likeness (QED) is 0.824. The zero-order valence-electron chi connectivity index (χ0n) is 10.4. The Hall–Kier alpha value is -1.81. The molecule has 4 heteroatoms. The molecule has 96 valence electrons. The Morgan fingerprint density at radius 3 is 2.94 bits per heavy atom. The number of carbonyl (C=O) groups excluding carboxylic acids is 1. The summed E-state index contributed by atoms with van der Waals surface area (Å²) in [5, 5.41) is 9.91. The predicted molar refractivity (Wildman–Crippen MR) is 69.6 cm³/mol. The predicted octanol–water partition coefficient (Wildman–Crippen LogP) is 2.20. The molecule has 0 spiro atoms. The Bertz CT molecular complexity index is 545. The lowest BCUT2D eigenvalue weighted by Crippen LogP contribution is -2.08. The number of nitrogens with zero attached hydrogens (tertiary/aromatic N) is 1. The first-order valence-electron chi connectivity index (χ1n) is 6.13. The number of benzene rings is 1. The number of hydrogen-bond donors (Lipinski definition) is 1. The minimum atomic E-state index is -0.299. The van der Waals surface area contributed by atoms with Crippen LogP contribution in [0.2, 0.25) is 0 Å². The minimum Gasteiger partial charge on any atom is -0.462 e. The van der Waals surface area contributed by atoms with E-state index in [0.717, 1.165) is 10.9 Å². The molecule has 0 saturated carbocycles. The molecule has 0 amide bonds. The van der Waals surface area contributed by atoms with Crippen LogP contribution in [0.25, 0.3) is 10.9 Å². The molecule has 2 rings (SSSR count). The van der Waals surface area contributed by atoms with Crippen LogP contribution in [0.5, 0.6) is 0 Å². The number of aryl methyl sites for hydroxylation is 1. The Morgan fingerprint density at radius 2 is 2.22 bits per heavy atom. The maximum Gasteiger partial charge on any atom is 0.340 e. The van der Waals surface area contributed by atoms with E-state index in [-0.39, 0.29) is 12.6 Å². The molecule has 18 heavy (non-hydrogen) atoms. The van der Waals surface area contributed by atoms with Gasteiger partial charge in [0.25, 0.3) is 0 Å². The van der Waals surface area contributed by atoms with Gasteiger partial charge in [-0.25, -0.2) is 4.79 Å². The summed E-state index contributed by atoms with van der Waals surface area (Å²) >= 11 is 0. The van der Waals surface area contributed by atoms with Gasteiger partial charge in [0.2, 0.25) is 0 Å². The number of aliphatic hydroxyl groups excluding tert-OH is 1. The van der Waals surface area contributed by atoms with Crippen molar-refractivity contribution < 1.29 is 14.6 Å². The lowest BCUT2D eigenvalue weighted by molar-refractivity contribution is 0.0528. The molecular weight excluding hydrogens is 230 g/mol. The normalized spacial score (nSPS) is 10.8. The number of fused-ring (bicyclic) bond motifs is 1. The molecule has 0 aliphatic heterocycles.